The monoisotopic (exact) mass is 207 g/mol. The number of aromatic amines is 1. The van der Waals surface area contributed by atoms with Crippen molar-refractivity contribution >= 4 is 5.91 Å². The number of H-pyrrole nitrogens is 1. The molecule has 1 saturated heterocycles. The number of nitrogens with zero attached hydrogens (tertiary/aromatic N) is 1. The molecule has 0 aliphatic carbocycles. The van der Waals surface area contributed by atoms with Crippen LogP contribution in [-0.2, 0) is 0 Å². The molecule has 1 aromatic rings. The van der Waals surface area contributed by atoms with Gasteiger partial charge in [0.1, 0.15) is 5.69 Å². The Bertz CT molecular complexity index is 334. The molecule has 0 aromatic carbocycles. The van der Waals surface area contributed by atoms with E-state index in [9.17, 15) is 4.79 Å². The molecular weight excluding hydrogens is 190 g/mol. The molecule has 4 heteroatoms. The average Bonchev–Trinajstić information content (AvgIpc) is 2.74. The second-order valence-corrected chi connectivity index (χ2v) is 4.26. The maximum atomic E-state index is 12.0. The van der Waals surface area contributed by atoms with E-state index in [0.29, 0.717) is 11.6 Å². The Morgan fingerprint density at radius 1 is 1.67 bits per heavy atom. The van der Waals surface area contributed by atoms with Crippen molar-refractivity contribution in [2.24, 2.45) is 11.7 Å². The Kier molecular flexibility index (Phi) is 2.77. The molecule has 0 bridgehead atoms. The predicted molar refractivity (Wildman–Crippen MR) is 58.5 cm³/mol. The molecule has 4 nitrogen and oxygen atoms in total. The lowest BCUT2D eigenvalue weighted by Crippen LogP contribution is -2.48. The van der Waals surface area contributed by atoms with Crippen LogP contribution in [0.2, 0.25) is 0 Å². The largest absolute Gasteiger partial charge is 0.357 e. The second-order valence-electron chi connectivity index (χ2n) is 4.26. The molecule has 1 aliphatic heterocycles. The Morgan fingerprint density at radius 3 is 3.07 bits per heavy atom. The molecular formula is C11H17N3O. The number of piperidine rings is 1. The fourth-order valence-corrected chi connectivity index (χ4v) is 1.98. The van der Waals surface area contributed by atoms with Crippen LogP contribution in [0, 0.1) is 5.92 Å². The molecule has 1 aliphatic rings. The summed E-state index contributed by atoms with van der Waals surface area (Å²) >= 11 is 0. The van der Waals surface area contributed by atoms with Crippen LogP contribution in [0.3, 0.4) is 0 Å². The molecule has 1 amide bonds. The summed E-state index contributed by atoms with van der Waals surface area (Å²) in [6.45, 7) is 3.63. The van der Waals surface area contributed by atoms with Gasteiger partial charge in [0.25, 0.3) is 5.91 Å². The molecule has 1 aromatic heterocycles. The topological polar surface area (TPSA) is 62.1 Å². The quantitative estimate of drug-likeness (QED) is 0.716. The van der Waals surface area contributed by atoms with Crippen molar-refractivity contribution in [1.29, 1.82) is 0 Å². The number of nitrogens with one attached hydrogen (secondary N) is 1. The highest BCUT2D eigenvalue weighted by molar-refractivity contribution is 5.92. The average molecular weight is 207 g/mol. The van der Waals surface area contributed by atoms with E-state index in [1.165, 1.54) is 0 Å². The van der Waals surface area contributed by atoms with Gasteiger partial charge >= 0.3 is 0 Å². The van der Waals surface area contributed by atoms with E-state index in [1.54, 1.807) is 6.20 Å². The van der Waals surface area contributed by atoms with Gasteiger partial charge in [0.2, 0.25) is 0 Å². The van der Waals surface area contributed by atoms with E-state index in [2.05, 4.69) is 11.9 Å². The van der Waals surface area contributed by atoms with Crippen LogP contribution in [0.25, 0.3) is 0 Å². The fourth-order valence-electron chi connectivity index (χ4n) is 1.98. The van der Waals surface area contributed by atoms with E-state index in [0.717, 1.165) is 19.5 Å². The second kappa shape index (κ2) is 4.06. The van der Waals surface area contributed by atoms with Crippen molar-refractivity contribution in [3.8, 4) is 0 Å². The minimum Gasteiger partial charge on any atom is -0.357 e. The van der Waals surface area contributed by atoms with Crippen molar-refractivity contribution in [2.75, 3.05) is 13.1 Å². The number of amides is 1. The minimum absolute atomic E-state index is 0.0822. The zero-order valence-corrected chi connectivity index (χ0v) is 8.94. The van der Waals surface area contributed by atoms with Crippen molar-refractivity contribution in [3.05, 3.63) is 24.0 Å². The lowest BCUT2D eigenvalue weighted by Gasteiger charge is -2.34. The Balaban J connectivity index is 2.03. The zero-order valence-electron chi connectivity index (χ0n) is 8.94. The van der Waals surface area contributed by atoms with E-state index >= 15 is 0 Å². The molecule has 0 saturated carbocycles. The Hall–Kier alpha value is -1.29. The molecule has 2 unspecified atom stereocenters. The highest BCUT2D eigenvalue weighted by Crippen LogP contribution is 2.16. The smallest absolute Gasteiger partial charge is 0.270 e. The summed E-state index contributed by atoms with van der Waals surface area (Å²) in [7, 11) is 0. The van der Waals surface area contributed by atoms with Crippen LogP contribution in [-0.4, -0.2) is 34.9 Å². The van der Waals surface area contributed by atoms with Gasteiger partial charge in [0.15, 0.2) is 0 Å². The molecule has 0 radical (unpaired) electrons. The predicted octanol–water partition coefficient (Wildman–Crippen LogP) is 0.824. The van der Waals surface area contributed by atoms with E-state index in [1.807, 2.05) is 17.0 Å². The maximum absolute atomic E-state index is 12.0. The van der Waals surface area contributed by atoms with E-state index < -0.39 is 0 Å². The Morgan fingerprint density at radius 2 is 2.47 bits per heavy atom. The summed E-state index contributed by atoms with van der Waals surface area (Å²) in [5.74, 6) is 0.469. The van der Waals surface area contributed by atoms with Gasteiger partial charge in [-0.05, 0) is 24.5 Å². The number of likely N-dealkylation sites (tertiary alicyclic amines) is 1. The van der Waals surface area contributed by atoms with Crippen LogP contribution in [0.1, 0.15) is 23.8 Å². The van der Waals surface area contributed by atoms with Gasteiger partial charge < -0.3 is 15.6 Å². The van der Waals surface area contributed by atoms with Gasteiger partial charge in [-0.1, -0.05) is 6.92 Å². The van der Waals surface area contributed by atoms with Gasteiger partial charge in [0, 0.05) is 25.3 Å². The molecule has 2 atom stereocenters. The number of rotatable bonds is 1. The van der Waals surface area contributed by atoms with Gasteiger partial charge in [-0.3, -0.25) is 4.79 Å². The van der Waals surface area contributed by atoms with Crippen LogP contribution in [0.5, 0.6) is 0 Å². The first kappa shape index (κ1) is 10.2. The molecule has 15 heavy (non-hydrogen) atoms. The molecule has 2 heterocycles. The summed E-state index contributed by atoms with van der Waals surface area (Å²) in [5, 5.41) is 0. The first-order chi connectivity index (χ1) is 7.18. The fraction of sp³-hybridized carbons (Fsp3) is 0.545. The maximum Gasteiger partial charge on any atom is 0.270 e. The van der Waals surface area contributed by atoms with Crippen LogP contribution in [0.15, 0.2) is 18.3 Å². The number of carbonyl (C=O) groups excluding carboxylic acids is 1. The standard InChI is InChI=1S/C11H17N3O/c1-8-7-14(6-4-9(8)12)11(15)10-3-2-5-13-10/h2-3,5,8-9,13H,4,6-7,12H2,1H3. The number of hydrogen-bond donors (Lipinski definition) is 2. The SMILES string of the molecule is CC1CN(C(=O)c2ccc[nH]2)CCC1N. The van der Waals surface area contributed by atoms with Gasteiger partial charge in [-0.15, -0.1) is 0 Å². The van der Waals surface area contributed by atoms with Crippen LogP contribution in [0.4, 0.5) is 0 Å². The first-order valence-corrected chi connectivity index (χ1v) is 5.36. The number of hydrogen-bond acceptors (Lipinski definition) is 2. The lowest BCUT2D eigenvalue weighted by molar-refractivity contribution is 0.0659. The third kappa shape index (κ3) is 2.04. The van der Waals surface area contributed by atoms with E-state index in [4.69, 9.17) is 5.73 Å². The van der Waals surface area contributed by atoms with Gasteiger partial charge in [-0.2, -0.15) is 0 Å². The molecule has 0 spiro atoms. The summed E-state index contributed by atoms with van der Waals surface area (Å²) in [6, 6.07) is 3.88. The van der Waals surface area contributed by atoms with Crippen LogP contribution < -0.4 is 5.73 Å². The zero-order chi connectivity index (χ0) is 10.8. The first-order valence-electron chi connectivity index (χ1n) is 5.36. The summed E-state index contributed by atoms with van der Waals surface area (Å²) < 4.78 is 0. The van der Waals surface area contributed by atoms with Gasteiger partial charge in [0.05, 0.1) is 0 Å². The van der Waals surface area contributed by atoms with E-state index in [-0.39, 0.29) is 11.9 Å². The van der Waals surface area contributed by atoms with Crippen molar-refractivity contribution in [1.82, 2.24) is 9.88 Å². The number of nitrogens with two attached hydrogens (primary N) is 1. The van der Waals surface area contributed by atoms with Crippen molar-refractivity contribution in [2.45, 2.75) is 19.4 Å². The summed E-state index contributed by atoms with van der Waals surface area (Å²) in [6.07, 6.45) is 2.67. The van der Waals surface area contributed by atoms with Crippen molar-refractivity contribution in [3.63, 3.8) is 0 Å². The lowest BCUT2D eigenvalue weighted by atomic mass is 9.94. The molecule has 3 N–H and O–H groups in total. The molecule has 1 fully saturated rings. The normalized spacial score (nSPS) is 26.7. The van der Waals surface area contributed by atoms with Crippen molar-refractivity contribution < 1.29 is 4.79 Å². The number of aromatic nitrogens is 1. The van der Waals surface area contributed by atoms with Gasteiger partial charge in [-0.25, -0.2) is 0 Å². The summed E-state index contributed by atoms with van der Waals surface area (Å²) in [5.41, 5.74) is 6.58. The third-order valence-corrected chi connectivity index (χ3v) is 3.09. The van der Waals surface area contributed by atoms with Crippen LogP contribution >= 0.6 is 0 Å². The molecule has 82 valence electrons. The molecule has 2 rings (SSSR count). The Labute approximate surface area is 89.5 Å². The number of carbonyl (C=O) groups is 1. The highest BCUT2D eigenvalue weighted by Gasteiger charge is 2.26. The summed E-state index contributed by atoms with van der Waals surface area (Å²) in [4.78, 5) is 16.8. The highest BCUT2D eigenvalue weighted by atomic mass is 16.2. The minimum atomic E-state index is 0.0822. The third-order valence-electron chi connectivity index (χ3n) is 3.09.